The van der Waals surface area contributed by atoms with Gasteiger partial charge in [-0.05, 0) is 34.5 Å². The molecular formula is C14H15BrN4O2. The number of ether oxygens (including phenoxy) is 1. The lowest BCUT2D eigenvalue weighted by Gasteiger charge is -2.17. The van der Waals surface area contributed by atoms with Gasteiger partial charge >= 0.3 is 0 Å². The highest BCUT2D eigenvalue weighted by atomic mass is 79.9. The molecule has 1 amide bonds. The SMILES string of the molecule is O=C(NC[C@H]1CCO[C@@H]1c1cn[nH]c1)c1ncccc1Br. The molecule has 2 aromatic heterocycles. The van der Waals surface area contributed by atoms with Gasteiger partial charge in [0, 0.05) is 41.5 Å². The fourth-order valence-corrected chi connectivity index (χ4v) is 2.92. The van der Waals surface area contributed by atoms with Gasteiger partial charge in [0.2, 0.25) is 0 Å². The van der Waals surface area contributed by atoms with E-state index in [1.807, 2.05) is 6.20 Å². The van der Waals surface area contributed by atoms with Crippen molar-refractivity contribution in [2.45, 2.75) is 12.5 Å². The van der Waals surface area contributed by atoms with Gasteiger partial charge in [-0.1, -0.05) is 0 Å². The van der Waals surface area contributed by atoms with Crippen LogP contribution < -0.4 is 5.32 Å². The van der Waals surface area contributed by atoms with E-state index in [4.69, 9.17) is 4.74 Å². The monoisotopic (exact) mass is 350 g/mol. The van der Waals surface area contributed by atoms with E-state index in [-0.39, 0.29) is 17.9 Å². The Labute approximate surface area is 130 Å². The number of hydrogen-bond acceptors (Lipinski definition) is 4. The van der Waals surface area contributed by atoms with Crippen LogP contribution in [0.3, 0.4) is 0 Å². The molecule has 2 atom stereocenters. The van der Waals surface area contributed by atoms with Gasteiger partial charge in [-0.25, -0.2) is 4.98 Å². The molecule has 7 heteroatoms. The minimum atomic E-state index is -0.180. The molecular weight excluding hydrogens is 336 g/mol. The van der Waals surface area contributed by atoms with Crippen molar-refractivity contribution in [2.24, 2.45) is 5.92 Å². The van der Waals surface area contributed by atoms with Crippen LogP contribution >= 0.6 is 15.9 Å². The average Bonchev–Trinajstić information content (AvgIpc) is 3.16. The molecule has 21 heavy (non-hydrogen) atoms. The fraction of sp³-hybridized carbons (Fsp3) is 0.357. The minimum absolute atomic E-state index is 0.0174. The Hall–Kier alpha value is -1.73. The summed E-state index contributed by atoms with van der Waals surface area (Å²) in [5.74, 6) is 0.0642. The van der Waals surface area contributed by atoms with Gasteiger partial charge in [0.15, 0.2) is 0 Å². The minimum Gasteiger partial charge on any atom is -0.373 e. The van der Waals surface area contributed by atoms with Gasteiger partial charge in [-0.2, -0.15) is 5.10 Å². The summed E-state index contributed by atoms with van der Waals surface area (Å²) >= 11 is 3.33. The zero-order valence-corrected chi connectivity index (χ0v) is 12.8. The fourth-order valence-electron chi connectivity index (χ4n) is 2.49. The third-order valence-electron chi connectivity index (χ3n) is 3.56. The number of aromatic amines is 1. The topological polar surface area (TPSA) is 79.9 Å². The number of halogens is 1. The Kier molecular flexibility index (Phi) is 4.31. The Morgan fingerprint density at radius 1 is 1.57 bits per heavy atom. The number of nitrogens with one attached hydrogen (secondary N) is 2. The van der Waals surface area contributed by atoms with Crippen molar-refractivity contribution < 1.29 is 9.53 Å². The molecule has 0 saturated carbocycles. The lowest BCUT2D eigenvalue weighted by Crippen LogP contribution is -2.31. The van der Waals surface area contributed by atoms with Gasteiger partial charge in [0.25, 0.3) is 5.91 Å². The Balaban J connectivity index is 1.62. The van der Waals surface area contributed by atoms with E-state index in [0.29, 0.717) is 23.3 Å². The predicted octanol–water partition coefficient (Wildman–Crippen LogP) is 2.07. The highest BCUT2D eigenvalue weighted by molar-refractivity contribution is 9.10. The summed E-state index contributed by atoms with van der Waals surface area (Å²) in [4.78, 5) is 16.2. The second-order valence-corrected chi connectivity index (χ2v) is 5.77. The second kappa shape index (κ2) is 6.36. The first-order chi connectivity index (χ1) is 10.3. The maximum atomic E-state index is 12.2. The Bertz CT molecular complexity index is 617. The summed E-state index contributed by atoms with van der Waals surface area (Å²) in [5, 5.41) is 9.67. The molecule has 3 rings (SSSR count). The van der Waals surface area contributed by atoms with Crippen molar-refractivity contribution in [1.82, 2.24) is 20.5 Å². The molecule has 0 radical (unpaired) electrons. The van der Waals surface area contributed by atoms with Crippen molar-refractivity contribution in [2.75, 3.05) is 13.2 Å². The van der Waals surface area contributed by atoms with Crippen molar-refractivity contribution in [3.8, 4) is 0 Å². The van der Waals surface area contributed by atoms with Crippen LogP contribution in [0.25, 0.3) is 0 Å². The van der Waals surface area contributed by atoms with Crippen LogP contribution in [0.2, 0.25) is 0 Å². The average molecular weight is 351 g/mol. The quantitative estimate of drug-likeness (QED) is 0.884. The lowest BCUT2D eigenvalue weighted by atomic mass is 9.97. The summed E-state index contributed by atoms with van der Waals surface area (Å²) in [6, 6.07) is 3.58. The number of rotatable bonds is 4. The first-order valence-electron chi connectivity index (χ1n) is 6.74. The van der Waals surface area contributed by atoms with Crippen LogP contribution in [0.4, 0.5) is 0 Å². The first kappa shape index (κ1) is 14.2. The molecule has 110 valence electrons. The molecule has 0 bridgehead atoms. The number of carbonyl (C=O) groups excluding carboxylic acids is 1. The molecule has 2 aromatic rings. The van der Waals surface area contributed by atoms with Crippen LogP contribution in [-0.4, -0.2) is 34.2 Å². The van der Waals surface area contributed by atoms with E-state index in [0.717, 1.165) is 12.0 Å². The summed E-state index contributed by atoms with van der Waals surface area (Å²) in [7, 11) is 0. The molecule has 1 fully saturated rings. The molecule has 1 saturated heterocycles. The number of H-pyrrole nitrogens is 1. The second-order valence-electron chi connectivity index (χ2n) is 4.92. The molecule has 0 unspecified atom stereocenters. The summed E-state index contributed by atoms with van der Waals surface area (Å²) in [6.45, 7) is 1.25. The molecule has 0 aliphatic carbocycles. The maximum Gasteiger partial charge on any atom is 0.271 e. The van der Waals surface area contributed by atoms with Gasteiger partial charge in [-0.15, -0.1) is 0 Å². The van der Waals surface area contributed by atoms with Crippen LogP contribution in [0.15, 0.2) is 35.2 Å². The molecule has 0 aromatic carbocycles. The van der Waals surface area contributed by atoms with E-state index in [1.165, 1.54) is 0 Å². The number of hydrogen-bond donors (Lipinski definition) is 2. The van der Waals surface area contributed by atoms with Gasteiger partial charge < -0.3 is 10.1 Å². The van der Waals surface area contributed by atoms with Gasteiger partial charge in [0.05, 0.1) is 12.3 Å². The third kappa shape index (κ3) is 3.14. The Morgan fingerprint density at radius 3 is 3.24 bits per heavy atom. The van der Waals surface area contributed by atoms with Crippen LogP contribution in [0.5, 0.6) is 0 Å². The molecule has 2 N–H and O–H groups in total. The zero-order valence-electron chi connectivity index (χ0n) is 11.3. The highest BCUT2D eigenvalue weighted by Crippen LogP contribution is 2.33. The van der Waals surface area contributed by atoms with E-state index >= 15 is 0 Å². The normalized spacial score (nSPS) is 21.4. The molecule has 1 aliphatic rings. The summed E-state index contributed by atoms with van der Waals surface area (Å²) in [5.41, 5.74) is 1.42. The lowest BCUT2D eigenvalue weighted by molar-refractivity contribution is 0.0844. The van der Waals surface area contributed by atoms with E-state index < -0.39 is 0 Å². The summed E-state index contributed by atoms with van der Waals surface area (Å²) in [6.07, 6.45) is 6.10. The first-order valence-corrected chi connectivity index (χ1v) is 7.54. The summed E-state index contributed by atoms with van der Waals surface area (Å²) < 4.78 is 6.43. The number of amides is 1. The standard InChI is InChI=1S/C14H15BrN4O2/c15-11-2-1-4-16-12(11)14(20)17-6-9-3-5-21-13(9)10-7-18-19-8-10/h1-2,4,7-9,13H,3,5-6H2,(H,17,20)(H,18,19)/t9-,13+/m1/s1. The van der Waals surface area contributed by atoms with E-state index in [1.54, 1.807) is 24.5 Å². The third-order valence-corrected chi connectivity index (χ3v) is 4.20. The highest BCUT2D eigenvalue weighted by Gasteiger charge is 2.30. The number of nitrogens with zero attached hydrogens (tertiary/aromatic N) is 2. The smallest absolute Gasteiger partial charge is 0.271 e. The van der Waals surface area contributed by atoms with Gasteiger partial charge in [0.1, 0.15) is 5.69 Å². The van der Waals surface area contributed by atoms with E-state index in [9.17, 15) is 4.79 Å². The molecule has 1 aliphatic heterocycles. The van der Waals surface area contributed by atoms with Crippen molar-refractivity contribution in [1.29, 1.82) is 0 Å². The van der Waals surface area contributed by atoms with Crippen molar-refractivity contribution in [3.63, 3.8) is 0 Å². The van der Waals surface area contributed by atoms with Gasteiger partial charge in [-0.3, -0.25) is 9.89 Å². The number of carbonyl (C=O) groups is 1. The Morgan fingerprint density at radius 2 is 2.48 bits per heavy atom. The largest absolute Gasteiger partial charge is 0.373 e. The molecule has 6 nitrogen and oxygen atoms in total. The zero-order chi connectivity index (χ0) is 14.7. The number of aromatic nitrogens is 3. The van der Waals surface area contributed by atoms with Crippen molar-refractivity contribution >= 4 is 21.8 Å². The van der Waals surface area contributed by atoms with Crippen LogP contribution in [-0.2, 0) is 4.74 Å². The maximum absolute atomic E-state index is 12.2. The number of pyridine rings is 1. The van der Waals surface area contributed by atoms with Crippen LogP contribution in [0, 0.1) is 5.92 Å². The molecule has 0 spiro atoms. The predicted molar refractivity (Wildman–Crippen MR) is 79.7 cm³/mol. The van der Waals surface area contributed by atoms with E-state index in [2.05, 4.69) is 36.4 Å². The van der Waals surface area contributed by atoms with Crippen LogP contribution in [0.1, 0.15) is 28.6 Å². The molecule has 3 heterocycles. The van der Waals surface area contributed by atoms with Crippen molar-refractivity contribution in [3.05, 3.63) is 46.5 Å².